The number of carbonyl (C=O) groups is 1. The molecule has 3 aromatic carbocycles. The Morgan fingerprint density at radius 2 is 1.61 bits per heavy atom. The lowest BCUT2D eigenvalue weighted by Crippen LogP contribution is -2.66. The van der Waals surface area contributed by atoms with E-state index < -0.39 is 60.8 Å². The lowest BCUT2D eigenvalue weighted by molar-refractivity contribution is -0.349. The van der Waals surface area contributed by atoms with Crippen LogP contribution in [0.3, 0.4) is 0 Å². The minimum absolute atomic E-state index is 0.0510. The fourth-order valence-electron chi connectivity index (χ4n) is 8.03. The van der Waals surface area contributed by atoms with Crippen LogP contribution in [-0.2, 0) is 28.5 Å². The lowest BCUT2D eigenvalue weighted by atomic mass is 9.66. The zero-order valence-corrected chi connectivity index (χ0v) is 28.7. The molecule has 13 nitrogen and oxygen atoms in total. The number of aliphatic hydroxyl groups excluding tert-OH is 1. The van der Waals surface area contributed by atoms with E-state index >= 15 is 0 Å². The van der Waals surface area contributed by atoms with Crippen LogP contribution in [0.15, 0.2) is 60.7 Å². The molecule has 3 fully saturated rings. The standard InChI is InChI=1S/C38H41NO12/c1-39(2)32-34(41)36-28(17-45-29(50-36)11-10-19-8-6-5-7-9-19)49-38(32)51-35-22-15-25-24(47-18-48-25)14-21(22)30(31-23(35)16-46-37(31)42)20-12-26(43-3)33(40)27(13-20)44-4/h5-15,23,28-32,34-36,38,40-41H,16-18H2,1-4H3/b11-10-/t23-,28+,29-,30+,31-,32+,34+,35+,36+,38-/m0/s1. The predicted molar refractivity (Wildman–Crippen MR) is 180 cm³/mol. The maximum absolute atomic E-state index is 13.7. The van der Waals surface area contributed by atoms with Gasteiger partial charge in [-0.15, -0.1) is 0 Å². The summed E-state index contributed by atoms with van der Waals surface area (Å²) in [6.45, 7) is 0.321. The number of likely N-dealkylation sites (N-methyl/N-ethyl adjacent to an activating group) is 1. The number of benzene rings is 3. The maximum Gasteiger partial charge on any atom is 0.310 e. The second kappa shape index (κ2) is 13.6. The van der Waals surface area contributed by atoms with E-state index in [0.29, 0.717) is 17.1 Å². The molecule has 0 saturated carbocycles. The second-order valence-electron chi connectivity index (χ2n) is 13.5. The van der Waals surface area contributed by atoms with E-state index in [1.807, 2.05) is 73.6 Å². The molecule has 13 heteroatoms. The van der Waals surface area contributed by atoms with Gasteiger partial charge in [0.1, 0.15) is 18.3 Å². The van der Waals surface area contributed by atoms with Gasteiger partial charge in [0.2, 0.25) is 12.5 Å². The Morgan fingerprint density at radius 3 is 2.29 bits per heavy atom. The van der Waals surface area contributed by atoms with Crippen molar-refractivity contribution in [1.29, 1.82) is 0 Å². The Morgan fingerprint density at radius 1 is 0.902 bits per heavy atom. The Bertz CT molecular complexity index is 1770. The Balaban J connectivity index is 1.13. The predicted octanol–water partition coefficient (Wildman–Crippen LogP) is 3.60. The number of carbonyl (C=O) groups excluding carboxylic acids is 1. The molecule has 4 aliphatic heterocycles. The molecule has 0 radical (unpaired) electrons. The van der Waals surface area contributed by atoms with Gasteiger partial charge in [-0.05, 0) is 66.7 Å². The van der Waals surface area contributed by atoms with Gasteiger partial charge in [0.15, 0.2) is 35.6 Å². The van der Waals surface area contributed by atoms with E-state index in [1.165, 1.54) is 14.2 Å². The summed E-state index contributed by atoms with van der Waals surface area (Å²) in [6.07, 6.45) is -0.876. The molecular weight excluding hydrogens is 662 g/mol. The zero-order valence-electron chi connectivity index (χ0n) is 28.7. The normalized spacial score (nSPS) is 32.3. The summed E-state index contributed by atoms with van der Waals surface area (Å²) in [4.78, 5) is 15.5. The van der Waals surface area contributed by atoms with Crippen molar-refractivity contribution >= 4 is 12.0 Å². The number of nitrogens with zero attached hydrogens (tertiary/aromatic N) is 1. The first-order chi connectivity index (χ1) is 24.7. The Labute approximate surface area is 295 Å². The molecule has 0 amide bonds. The van der Waals surface area contributed by atoms with Gasteiger partial charge in [0.05, 0.1) is 45.5 Å². The molecule has 0 aromatic heterocycles. The highest BCUT2D eigenvalue weighted by atomic mass is 16.7. The first-order valence-corrected chi connectivity index (χ1v) is 17.0. The number of cyclic esters (lactones) is 1. The quantitative estimate of drug-likeness (QED) is 0.330. The Hall–Kier alpha value is -4.37. The van der Waals surface area contributed by atoms with Crippen molar-refractivity contribution in [3.05, 3.63) is 82.9 Å². The molecule has 270 valence electrons. The van der Waals surface area contributed by atoms with Crippen LogP contribution >= 0.6 is 0 Å². The van der Waals surface area contributed by atoms with Crippen LogP contribution in [-0.4, -0.2) is 106 Å². The minimum Gasteiger partial charge on any atom is -0.502 e. The highest BCUT2D eigenvalue weighted by Crippen LogP contribution is 2.57. The molecule has 3 saturated heterocycles. The number of ether oxygens (including phenoxy) is 9. The van der Waals surface area contributed by atoms with Gasteiger partial charge in [-0.2, -0.15) is 0 Å². The smallest absolute Gasteiger partial charge is 0.310 e. The van der Waals surface area contributed by atoms with E-state index in [1.54, 1.807) is 12.1 Å². The molecule has 8 rings (SSSR count). The molecule has 0 spiro atoms. The summed E-state index contributed by atoms with van der Waals surface area (Å²) in [5.41, 5.74) is 3.20. The molecule has 0 unspecified atom stereocenters. The van der Waals surface area contributed by atoms with Gasteiger partial charge < -0.3 is 52.8 Å². The number of aromatic hydroxyl groups is 1. The van der Waals surface area contributed by atoms with Crippen molar-refractivity contribution in [1.82, 2.24) is 4.90 Å². The molecule has 4 heterocycles. The third kappa shape index (κ3) is 5.97. The number of aliphatic hydroxyl groups is 1. The molecule has 3 aromatic rings. The average Bonchev–Trinajstić information content (AvgIpc) is 3.76. The van der Waals surface area contributed by atoms with Crippen molar-refractivity contribution in [2.24, 2.45) is 11.8 Å². The molecule has 1 aliphatic carbocycles. The van der Waals surface area contributed by atoms with Crippen LogP contribution in [0.1, 0.15) is 34.3 Å². The summed E-state index contributed by atoms with van der Waals surface area (Å²) in [6, 6.07) is 16.3. The molecule has 0 bridgehead atoms. The van der Waals surface area contributed by atoms with E-state index in [4.69, 9.17) is 42.6 Å². The molecule has 10 atom stereocenters. The van der Waals surface area contributed by atoms with Crippen molar-refractivity contribution in [3.8, 4) is 28.7 Å². The number of hydrogen-bond donors (Lipinski definition) is 2. The molecule has 51 heavy (non-hydrogen) atoms. The number of rotatable bonds is 8. The average molecular weight is 704 g/mol. The number of phenolic OH excluding ortho intramolecular Hbond substituents is 1. The number of fused-ring (bicyclic) bond motifs is 4. The molecule has 5 aliphatic rings. The topological polar surface area (TPSA) is 144 Å². The third-order valence-corrected chi connectivity index (χ3v) is 10.5. The SMILES string of the molecule is COc1cc([C@@H]2c3cc4c(cc3[C@@H](O[C@@H]3O[C@@H]5CO[C@H](/C=C\c6ccccc6)O[C@H]5[C@H](O)[C@H]3N(C)C)[C@H]3COC(=O)[C@H]23)OCO4)cc(OC)c1O. The number of methoxy groups -OCH3 is 2. The van der Waals surface area contributed by atoms with Gasteiger partial charge in [-0.3, -0.25) is 9.69 Å². The highest BCUT2D eigenvalue weighted by molar-refractivity contribution is 5.79. The van der Waals surface area contributed by atoms with Crippen molar-refractivity contribution in [2.75, 3.05) is 48.3 Å². The number of phenols is 1. The Kier molecular flexibility index (Phi) is 9.03. The van der Waals surface area contributed by atoms with Crippen LogP contribution in [0.5, 0.6) is 28.7 Å². The minimum atomic E-state index is -0.998. The summed E-state index contributed by atoms with van der Waals surface area (Å²) in [5.74, 6) is -0.711. The van der Waals surface area contributed by atoms with Gasteiger partial charge >= 0.3 is 5.97 Å². The van der Waals surface area contributed by atoms with Crippen LogP contribution in [0.4, 0.5) is 0 Å². The number of hydrogen-bond acceptors (Lipinski definition) is 13. The van der Waals surface area contributed by atoms with Crippen LogP contribution in [0.25, 0.3) is 6.08 Å². The van der Waals surface area contributed by atoms with Gasteiger partial charge in [-0.1, -0.05) is 36.4 Å². The van der Waals surface area contributed by atoms with Crippen LogP contribution < -0.4 is 18.9 Å². The van der Waals surface area contributed by atoms with Crippen molar-refractivity contribution in [2.45, 2.75) is 49.0 Å². The zero-order chi connectivity index (χ0) is 35.4. The fourth-order valence-corrected chi connectivity index (χ4v) is 8.03. The van der Waals surface area contributed by atoms with Gasteiger partial charge in [-0.25, -0.2) is 0 Å². The summed E-state index contributed by atoms with van der Waals surface area (Å²) in [5, 5.41) is 22.5. The van der Waals surface area contributed by atoms with E-state index in [9.17, 15) is 15.0 Å². The monoisotopic (exact) mass is 703 g/mol. The first kappa shape index (κ1) is 33.8. The van der Waals surface area contributed by atoms with Crippen LogP contribution in [0, 0.1) is 11.8 Å². The summed E-state index contributed by atoms with van der Waals surface area (Å²) >= 11 is 0. The first-order valence-electron chi connectivity index (χ1n) is 17.0. The van der Waals surface area contributed by atoms with Gasteiger partial charge in [0.25, 0.3) is 0 Å². The molecular formula is C38H41NO12. The highest BCUT2D eigenvalue weighted by Gasteiger charge is 2.56. The van der Waals surface area contributed by atoms with Crippen molar-refractivity contribution in [3.63, 3.8) is 0 Å². The second-order valence-corrected chi connectivity index (χ2v) is 13.5. The lowest BCUT2D eigenvalue weighted by Gasteiger charge is -2.50. The largest absolute Gasteiger partial charge is 0.502 e. The van der Waals surface area contributed by atoms with E-state index in [2.05, 4.69) is 0 Å². The van der Waals surface area contributed by atoms with Crippen molar-refractivity contribution < 1.29 is 57.6 Å². The summed E-state index contributed by atoms with van der Waals surface area (Å²) in [7, 11) is 6.60. The summed E-state index contributed by atoms with van der Waals surface area (Å²) < 4.78 is 54.1. The van der Waals surface area contributed by atoms with Crippen LogP contribution in [0.2, 0.25) is 0 Å². The van der Waals surface area contributed by atoms with Gasteiger partial charge in [0, 0.05) is 11.8 Å². The number of esters is 1. The van der Waals surface area contributed by atoms with E-state index in [0.717, 1.165) is 16.7 Å². The fraction of sp³-hybridized carbons (Fsp3) is 0.447. The maximum atomic E-state index is 13.7. The molecule has 2 N–H and O–H groups in total. The van der Waals surface area contributed by atoms with E-state index in [-0.39, 0.29) is 43.2 Å². The third-order valence-electron chi connectivity index (χ3n) is 10.5.